The Morgan fingerprint density at radius 3 is 3.06 bits per heavy atom. The van der Waals surface area contributed by atoms with Crippen molar-refractivity contribution in [3.05, 3.63) is 30.1 Å². The number of piperazine rings is 1. The molecule has 0 radical (unpaired) electrons. The molecule has 4 nitrogen and oxygen atoms in total. The van der Waals surface area contributed by atoms with Crippen LogP contribution < -0.4 is 0 Å². The topological polar surface area (TPSA) is 35.2 Å². The van der Waals surface area contributed by atoms with Crippen LogP contribution >= 0.6 is 0 Å². The fraction of sp³-hybridized carbons (Fsp3) is 0.462. The van der Waals surface area contributed by atoms with Crippen molar-refractivity contribution in [2.24, 2.45) is 0 Å². The van der Waals surface area contributed by atoms with Crippen LogP contribution in [0, 0.1) is 0 Å². The Bertz CT molecular complexity index is 519. The molecule has 1 unspecified atom stereocenters. The van der Waals surface area contributed by atoms with Crippen LogP contribution in [-0.2, 0) is 0 Å². The van der Waals surface area contributed by atoms with E-state index < -0.39 is 0 Å². The minimum absolute atomic E-state index is 0.487. The lowest BCUT2D eigenvalue weighted by Crippen LogP contribution is -2.44. The first-order valence-electron chi connectivity index (χ1n) is 6.06. The van der Waals surface area contributed by atoms with E-state index >= 15 is 0 Å². The number of hydrogen-bond acceptors (Lipinski definition) is 3. The maximum absolute atomic E-state index is 4.26. The zero-order chi connectivity index (χ0) is 11.8. The van der Waals surface area contributed by atoms with Crippen molar-refractivity contribution in [3.8, 4) is 0 Å². The molecule has 1 fully saturated rings. The zero-order valence-electron chi connectivity index (χ0n) is 10.3. The molecule has 1 aliphatic heterocycles. The summed E-state index contributed by atoms with van der Waals surface area (Å²) in [6.45, 7) is 3.37. The van der Waals surface area contributed by atoms with Crippen LogP contribution in [0.3, 0.4) is 0 Å². The molecule has 2 aromatic rings. The van der Waals surface area contributed by atoms with Gasteiger partial charge in [-0.1, -0.05) is 6.07 Å². The molecule has 1 N–H and O–H groups in total. The number of likely N-dealkylation sites (N-methyl/N-ethyl adjacent to an activating group) is 2. The van der Waals surface area contributed by atoms with E-state index in [0.29, 0.717) is 6.04 Å². The Morgan fingerprint density at radius 2 is 2.18 bits per heavy atom. The summed E-state index contributed by atoms with van der Waals surface area (Å²) in [6, 6.07) is 7.01. The third kappa shape index (κ3) is 1.94. The zero-order valence-corrected chi connectivity index (χ0v) is 10.3. The summed E-state index contributed by atoms with van der Waals surface area (Å²) in [7, 11) is 4.39. The largest absolute Gasteiger partial charge is 0.345 e. The summed E-state index contributed by atoms with van der Waals surface area (Å²) in [4.78, 5) is 12.3. The van der Waals surface area contributed by atoms with Gasteiger partial charge in [-0.2, -0.15) is 0 Å². The van der Waals surface area contributed by atoms with Gasteiger partial charge in [0.1, 0.15) is 0 Å². The molecule has 0 bridgehead atoms. The van der Waals surface area contributed by atoms with Crippen molar-refractivity contribution in [1.29, 1.82) is 0 Å². The van der Waals surface area contributed by atoms with E-state index in [1.54, 1.807) is 6.33 Å². The molecule has 1 aliphatic rings. The SMILES string of the molecule is CN1CCN(C)C(c2ccc3nc[nH]c3c2)C1. The van der Waals surface area contributed by atoms with Crippen molar-refractivity contribution in [2.75, 3.05) is 33.7 Å². The molecule has 0 aliphatic carbocycles. The first-order valence-corrected chi connectivity index (χ1v) is 6.06. The molecule has 0 saturated carbocycles. The number of fused-ring (bicyclic) bond motifs is 1. The first kappa shape index (κ1) is 10.7. The minimum atomic E-state index is 0.487. The molecule has 0 amide bonds. The second-order valence-corrected chi connectivity index (χ2v) is 4.94. The second-order valence-electron chi connectivity index (χ2n) is 4.94. The number of aromatic nitrogens is 2. The molecule has 2 heterocycles. The van der Waals surface area contributed by atoms with Gasteiger partial charge in [-0.25, -0.2) is 4.98 Å². The highest BCUT2D eigenvalue weighted by Gasteiger charge is 2.23. The minimum Gasteiger partial charge on any atom is -0.345 e. The molecule has 1 aromatic carbocycles. The Balaban J connectivity index is 1.95. The Labute approximate surface area is 101 Å². The van der Waals surface area contributed by atoms with Crippen molar-refractivity contribution < 1.29 is 0 Å². The summed E-state index contributed by atoms with van der Waals surface area (Å²) < 4.78 is 0. The number of nitrogens with one attached hydrogen (secondary N) is 1. The first-order chi connectivity index (χ1) is 8.24. The summed E-state index contributed by atoms with van der Waals surface area (Å²) in [6.07, 6.45) is 1.76. The van der Waals surface area contributed by atoms with Crippen LogP contribution in [0.2, 0.25) is 0 Å². The quantitative estimate of drug-likeness (QED) is 0.806. The average Bonchev–Trinajstić information content (AvgIpc) is 2.79. The number of hydrogen-bond donors (Lipinski definition) is 1. The van der Waals surface area contributed by atoms with Gasteiger partial charge in [0, 0.05) is 25.7 Å². The second kappa shape index (κ2) is 4.13. The molecule has 17 heavy (non-hydrogen) atoms. The number of aromatic amines is 1. The van der Waals surface area contributed by atoms with Crippen LogP contribution in [-0.4, -0.2) is 53.5 Å². The number of H-pyrrole nitrogens is 1. The monoisotopic (exact) mass is 230 g/mol. The van der Waals surface area contributed by atoms with E-state index in [0.717, 1.165) is 30.7 Å². The third-order valence-electron chi connectivity index (χ3n) is 3.68. The Morgan fingerprint density at radius 1 is 1.29 bits per heavy atom. The Kier molecular flexibility index (Phi) is 2.61. The number of nitrogens with zero attached hydrogens (tertiary/aromatic N) is 3. The van der Waals surface area contributed by atoms with Gasteiger partial charge in [0.2, 0.25) is 0 Å². The predicted molar refractivity (Wildman–Crippen MR) is 69.0 cm³/mol. The van der Waals surface area contributed by atoms with Crippen LogP contribution in [0.15, 0.2) is 24.5 Å². The highest BCUT2D eigenvalue weighted by molar-refractivity contribution is 5.75. The van der Waals surface area contributed by atoms with Crippen molar-refractivity contribution in [2.45, 2.75) is 6.04 Å². The van der Waals surface area contributed by atoms with Gasteiger partial charge in [0.15, 0.2) is 0 Å². The van der Waals surface area contributed by atoms with E-state index in [2.05, 4.69) is 52.1 Å². The lowest BCUT2D eigenvalue weighted by Gasteiger charge is -2.38. The van der Waals surface area contributed by atoms with E-state index in [-0.39, 0.29) is 0 Å². The van der Waals surface area contributed by atoms with E-state index in [1.807, 2.05) is 0 Å². The highest BCUT2D eigenvalue weighted by atomic mass is 15.3. The number of rotatable bonds is 1. The summed E-state index contributed by atoms with van der Waals surface area (Å²) in [5.41, 5.74) is 3.54. The molecule has 0 spiro atoms. The lowest BCUT2D eigenvalue weighted by molar-refractivity contribution is 0.115. The fourth-order valence-corrected chi connectivity index (χ4v) is 2.53. The van der Waals surface area contributed by atoms with Gasteiger partial charge in [-0.3, -0.25) is 4.90 Å². The van der Waals surface area contributed by atoms with E-state index in [4.69, 9.17) is 0 Å². The summed E-state index contributed by atoms with van der Waals surface area (Å²) >= 11 is 0. The number of benzene rings is 1. The van der Waals surface area contributed by atoms with Crippen LogP contribution in [0.25, 0.3) is 11.0 Å². The fourth-order valence-electron chi connectivity index (χ4n) is 2.53. The van der Waals surface area contributed by atoms with Crippen LogP contribution in [0.5, 0.6) is 0 Å². The van der Waals surface area contributed by atoms with E-state index in [9.17, 15) is 0 Å². The third-order valence-corrected chi connectivity index (χ3v) is 3.68. The Hall–Kier alpha value is -1.39. The highest BCUT2D eigenvalue weighted by Crippen LogP contribution is 2.25. The normalized spacial score (nSPS) is 23.3. The molecular weight excluding hydrogens is 212 g/mol. The molecule has 1 aromatic heterocycles. The van der Waals surface area contributed by atoms with Crippen molar-refractivity contribution >= 4 is 11.0 Å². The molecule has 3 rings (SSSR count). The van der Waals surface area contributed by atoms with Gasteiger partial charge in [0.05, 0.1) is 17.4 Å². The maximum atomic E-state index is 4.26. The van der Waals surface area contributed by atoms with Crippen molar-refractivity contribution in [3.63, 3.8) is 0 Å². The van der Waals surface area contributed by atoms with E-state index in [1.165, 1.54) is 5.56 Å². The predicted octanol–water partition coefficient (Wildman–Crippen LogP) is 1.48. The van der Waals surface area contributed by atoms with Crippen LogP contribution in [0.4, 0.5) is 0 Å². The average molecular weight is 230 g/mol. The smallest absolute Gasteiger partial charge is 0.0931 e. The molecule has 1 saturated heterocycles. The van der Waals surface area contributed by atoms with Crippen molar-refractivity contribution in [1.82, 2.24) is 19.8 Å². The van der Waals surface area contributed by atoms with Gasteiger partial charge >= 0.3 is 0 Å². The van der Waals surface area contributed by atoms with Gasteiger partial charge in [-0.05, 0) is 31.8 Å². The molecular formula is C13H18N4. The summed E-state index contributed by atoms with van der Waals surface area (Å²) in [5, 5.41) is 0. The summed E-state index contributed by atoms with van der Waals surface area (Å²) in [5.74, 6) is 0. The number of imidazole rings is 1. The molecule has 90 valence electrons. The maximum Gasteiger partial charge on any atom is 0.0931 e. The lowest BCUT2D eigenvalue weighted by atomic mass is 10.0. The van der Waals surface area contributed by atoms with Gasteiger partial charge in [-0.15, -0.1) is 0 Å². The van der Waals surface area contributed by atoms with Crippen LogP contribution in [0.1, 0.15) is 11.6 Å². The standard InChI is InChI=1S/C13H18N4/c1-16-5-6-17(2)13(8-16)10-3-4-11-12(7-10)15-9-14-11/h3-4,7,9,13H,5-6,8H2,1-2H3,(H,14,15). The molecule has 4 heteroatoms. The van der Waals surface area contributed by atoms with Gasteiger partial charge < -0.3 is 9.88 Å². The molecule has 1 atom stereocenters. The van der Waals surface area contributed by atoms with Gasteiger partial charge in [0.25, 0.3) is 0 Å².